The molecule has 2 amide bonds. The summed E-state index contributed by atoms with van der Waals surface area (Å²) in [5.74, 6) is 0.764. The third-order valence-corrected chi connectivity index (χ3v) is 11.2. The Morgan fingerprint density at radius 2 is 1.27 bits per heavy atom. The van der Waals surface area contributed by atoms with E-state index < -0.39 is 8.07 Å². The molecule has 16 heteroatoms. The van der Waals surface area contributed by atoms with Crippen molar-refractivity contribution in [2.75, 3.05) is 6.61 Å². The maximum Gasteiger partial charge on any atom is 0.255 e. The molecule has 0 aliphatic rings. The Hall–Kier alpha value is -6.26. The number of aromatic amines is 1. The molecule has 3 N–H and O–H groups in total. The number of ether oxygens (including phenoxy) is 1. The highest BCUT2D eigenvalue weighted by molar-refractivity contribution is 6.76. The first-order valence-electron chi connectivity index (χ1n) is 20.1. The number of aryl methyl sites for hydroxylation is 2. The zero-order chi connectivity index (χ0) is 43.1. The third kappa shape index (κ3) is 9.45. The number of hydrogen-bond acceptors (Lipinski definition) is 9. The van der Waals surface area contributed by atoms with Crippen molar-refractivity contribution >= 4 is 64.0 Å². The number of benzene rings is 2. The monoisotopic (exact) mass is 826 g/mol. The lowest BCUT2D eigenvalue weighted by Crippen LogP contribution is -2.40. The molecule has 0 bridgehead atoms. The summed E-state index contributed by atoms with van der Waals surface area (Å²) in [6.45, 7) is 23.7. The topological polar surface area (TPSA) is 175 Å². The fourth-order valence-electron chi connectivity index (χ4n) is 6.55. The minimum absolute atomic E-state index is 0.184. The summed E-state index contributed by atoms with van der Waals surface area (Å²) in [5.41, 5.74) is 6.65. The van der Waals surface area contributed by atoms with E-state index in [9.17, 15) is 9.59 Å². The number of amides is 2. The summed E-state index contributed by atoms with van der Waals surface area (Å²) < 4.78 is 11.3. The number of carbonyl (C=O) groups is 2. The lowest BCUT2D eigenvalue weighted by molar-refractivity contribution is 0.0884. The summed E-state index contributed by atoms with van der Waals surface area (Å²) in [4.78, 5) is 47.3. The normalized spacial score (nSPS) is 12.3. The molecule has 0 aliphatic heterocycles. The highest BCUT2D eigenvalue weighted by Gasteiger charge is 2.24. The second kappa shape index (κ2) is 16.1. The molecule has 0 saturated carbocycles. The van der Waals surface area contributed by atoms with Crippen LogP contribution in [0.4, 0.5) is 0 Å². The molecule has 0 saturated heterocycles. The Bertz CT molecular complexity index is 2870. The highest BCUT2D eigenvalue weighted by atomic mass is 28.3. The van der Waals surface area contributed by atoms with Crippen molar-refractivity contribution < 1.29 is 14.3 Å². The van der Waals surface area contributed by atoms with E-state index >= 15 is 0 Å². The number of H-pyrrole nitrogens is 1. The molecule has 0 atom stereocenters. The molecule has 15 nitrogen and oxygen atoms in total. The summed E-state index contributed by atoms with van der Waals surface area (Å²) >= 11 is 0. The fraction of sp³-hybridized carbons (Fsp3) is 0.364. The molecule has 8 aromatic rings. The molecule has 2 aromatic carbocycles. The van der Waals surface area contributed by atoms with Gasteiger partial charge in [0.1, 0.15) is 17.8 Å². The Kier molecular flexibility index (Phi) is 11.2. The highest BCUT2D eigenvalue weighted by Crippen LogP contribution is 2.25. The molecule has 0 unspecified atom stereocenters. The second-order valence-corrected chi connectivity index (χ2v) is 24.2. The molecule has 6 aromatic heterocycles. The van der Waals surface area contributed by atoms with Crippen LogP contribution in [-0.4, -0.2) is 86.6 Å². The predicted octanol–water partition coefficient (Wildman–Crippen LogP) is 8.05. The van der Waals surface area contributed by atoms with Crippen LogP contribution >= 0.6 is 0 Å². The van der Waals surface area contributed by atoms with Gasteiger partial charge in [-0.25, -0.2) is 29.3 Å². The average molecular weight is 827 g/mol. The van der Waals surface area contributed by atoms with Crippen LogP contribution in [0, 0.1) is 13.8 Å². The standard InChI is InChI=1S/C25H34N6O2Si.C19H20N6O/c1-17-8-9-18-13-27-31(20(18)12-17)21-14-26-23-22(28-21)19(24(32)29-25(2,3)4)15-30(23)16-33-10-11-34(5,6)7;1-11-5-6-12-8-22-25(14(12)7-11)15-10-21-17-16(23-15)13(9-20-17)18(26)24-19(2,3)4/h8-9,12-15H,10-11,16H2,1-7H3,(H,29,32);5-10H,1-4H3,(H,20,21)(H,24,26). The summed E-state index contributed by atoms with van der Waals surface area (Å²) in [6, 6.07) is 13.4. The van der Waals surface area contributed by atoms with Gasteiger partial charge in [0, 0.05) is 48.9 Å². The molecule has 0 radical (unpaired) electrons. The van der Waals surface area contributed by atoms with Crippen LogP contribution in [0.25, 0.3) is 55.8 Å². The molecule has 0 fully saturated rings. The van der Waals surface area contributed by atoms with Gasteiger partial charge in [-0.2, -0.15) is 10.2 Å². The molecular weight excluding hydrogens is 773 g/mol. The van der Waals surface area contributed by atoms with Gasteiger partial charge < -0.3 is 24.9 Å². The van der Waals surface area contributed by atoms with Gasteiger partial charge in [-0.15, -0.1) is 0 Å². The number of carbonyl (C=O) groups excluding carboxylic acids is 2. The van der Waals surface area contributed by atoms with E-state index in [0.29, 0.717) is 58.4 Å². The van der Waals surface area contributed by atoms with Crippen LogP contribution in [0.1, 0.15) is 73.4 Å². The van der Waals surface area contributed by atoms with Crippen molar-refractivity contribution in [3.63, 3.8) is 0 Å². The van der Waals surface area contributed by atoms with E-state index in [1.54, 1.807) is 40.3 Å². The Labute approximate surface area is 350 Å². The maximum absolute atomic E-state index is 13.2. The van der Waals surface area contributed by atoms with Gasteiger partial charge in [0.25, 0.3) is 11.8 Å². The molecular formula is C44H54N12O3Si. The third-order valence-electron chi connectivity index (χ3n) is 9.50. The number of aromatic nitrogens is 10. The van der Waals surface area contributed by atoms with Gasteiger partial charge >= 0.3 is 0 Å². The minimum atomic E-state index is -1.19. The van der Waals surface area contributed by atoms with Crippen molar-refractivity contribution in [3.8, 4) is 11.6 Å². The van der Waals surface area contributed by atoms with E-state index in [4.69, 9.17) is 9.72 Å². The second-order valence-electron chi connectivity index (χ2n) is 18.5. The average Bonchev–Trinajstić information content (AvgIpc) is 3.95. The van der Waals surface area contributed by atoms with Gasteiger partial charge in [0.05, 0.1) is 46.9 Å². The first kappa shape index (κ1) is 41.9. The van der Waals surface area contributed by atoms with Gasteiger partial charge in [-0.1, -0.05) is 43.9 Å². The minimum Gasteiger partial charge on any atom is -0.361 e. The number of fused-ring (bicyclic) bond motifs is 4. The Balaban J connectivity index is 0.000000188. The number of rotatable bonds is 9. The first-order valence-corrected chi connectivity index (χ1v) is 23.8. The predicted molar refractivity (Wildman–Crippen MR) is 239 cm³/mol. The van der Waals surface area contributed by atoms with E-state index in [1.165, 1.54) is 0 Å². The van der Waals surface area contributed by atoms with Crippen LogP contribution < -0.4 is 10.6 Å². The molecule has 60 heavy (non-hydrogen) atoms. The lowest BCUT2D eigenvalue weighted by Gasteiger charge is -2.20. The van der Waals surface area contributed by atoms with Crippen LogP contribution in [0.15, 0.2) is 73.6 Å². The van der Waals surface area contributed by atoms with Gasteiger partial charge in [0.15, 0.2) is 22.9 Å². The summed E-state index contributed by atoms with van der Waals surface area (Å²) in [7, 11) is -1.19. The van der Waals surface area contributed by atoms with E-state index in [-0.39, 0.29) is 22.9 Å². The number of nitrogens with zero attached hydrogens (tertiary/aromatic N) is 9. The Morgan fingerprint density at radius 3 is 1.82 bits per heavy atom. The SMILES string of the molecule is Cc1ccc2cnn(-c3cnc4[nH]cc(C(=O)NC(C)(C)C)c4n3)c2c1.Cc1ccc2cnn(-c3cnc4c(n3)c(C(=O)NC(C)(C)C)cn4COCC[Si](C)(C)C)c2c1. The largest absolute Gasteiger partial charge is 0.361 e. The van der Waals surface area contributed by atoms with Crippen LogP contribution in [0.2, 0.25) is 25.7 Å². The van der Waals surface area contributed by atoms with Crippen LogP contribution in [0.5, 0.6) is 0 Å². The smallest absolute Gasteiger partial charge is 0.255 e. The van der Waals surface area contributed by atoms with Gasteiger partial charge in [-0.3, -0.25) is 9.59 Å². The van der Waals surface area contributed by atoms with E-state index in [2.05, 4.69) is 78.6 Å². The summed E-state index contributed by atoms with van der Waals surface area (Å²) in [5, 5.41) is 17.0. The van der Waals surface area contributed by atoms with Gasteiger partial charge in [0.2, 0.25) is 0 Å². The molecule has 312 valence electrons. The fourth-order valence-corrected chi connectivity index (χ4v) is 7.30. The zero-order valence-electron chi connectivity index (χ0n) is 36.3. The van der Waals surface area contributed by atoms with Crippen LogP contribution in [0.3, 0.4) is 0 Å². The molecule has 6 heterocycles. The Morgan fingerprint density at radius 1 is 0.733 bits per heavy atom. The van der Waals surface area contributed by atoms with E-state index in [1.807, 2.05) is 84.4 Å². The van der Waals surface area contributed by atoms with Gasteiger partial charge in [-0.05, 0) is 84.7 Å². The lowest BCUT2D eigenvalue weighted by atomic mass is 10.1. The maximum atomic E-state index is 13.2. The summed E-state index contributed by atoms with van der Waals surface area (Å²) in [6.07, 6.45) is 10.4. The van der Waals surface area contributed by atoms with Crippen molar-refractivity contribution in [3.05, 3.63) is 95.8 Å². The quantitative estimate of drug-likeness (QED) is 0.0961. The van der Waals surface area contributed by atoms with Crippen molar-refractivity contribution in [1.82, 2.24) is 59.7 Å². The molecule has 0 spiro atoms. The van der Waals surface area contributed by atoms with Crippen LogP contribution in [-0.2, 0) is 11.5 Å². The molecule has 8 rings (SSSR count). The molecule has 0 aliphatic carbocycles. The first-order chi connectivity index (χ1) is 28.2. The number of nitrogens with one attached hydrogen (secondary N) is 3. The van der Waals surface area contributed by atoms with E-state index in [0.717, 1.165) is 39.0 Å². The zero-order valence-corrected chi connectivity index (χ0v) is 37.3. The van der Waals surface area contributed by atoms with Crippen molar-refractivity contribution in [1.29, 1.82) is 0 Å². The van der Waals surface area contributed by atoms with Crippen molar-refractivity contribution in [2.45, 2.75) is 98.9 Å². The number of hydrogen-bond donors (Lipinski definition) is 3. The van der Waals surface area contributed by atoms with Crippen molar-refractivity contribution in [2.24, 2.45) is 0 Å².